The standard InChI is InChI=1S/C23H20BrClN2O4/c1-3-29-23(28)20-13(2)31-22(27)18(11-26)21(20)17-10-16(25)8-9-19(17)30-12-14-4-6-15(24)7-5-14/h4-10,21H,3,12,27H2,1-2H3. The number of carbonyl (C=O) groups is 1. The molecule has 0 spiro atoms. The summed E-state index contributed by atoms with van der Waals surface area (Å²) in [5.74, 6) is -0.773. The van der Waals surface area contributed by atoms with Gasteiger partial charge in [0.15, 0.2) is 0 Å². The van der Waals surface area contributed by atoms with Gasteiger partial charge in [-0.05, 0) is 49.7 Å². The van der Waals surface area contributed by atoms with Gasteiger partial charge in [0.2, 0.25) is 5.88 Å². The average molecular weight is 504 g/mol. The molecular weight excluding hydrogens is 484 g/mol. The van der Waals surface area contributed by atoms with Gasteiger partial charge < -0.3 is 19.9 Å². The largest absolute Gasteiger partial charge is 0.489 e. The van der Waals surface area contributed by atoms with Gasteiger partial charge in [-0.25, -0.2) is 4.79 Å². The lowest BCUT2D eigenvalue weighted by atomic mass is 9.82. The summed E-state index contributed by atoms with van der Waals surface area (Å²) in [5, 5.41) is 10.2. The average Bonchev–Trinajstić information content (AvgIpc) is 2.73. The van der Waals surface area contributed by atoms with E-state index in [2.05, 4.69) is 22.0 Å². The summed E-state index contributed by atoms with van der Waals surface area (Å²) in [7, 11) is 0. The van der Waals surface area contributed by atoms with Crippen LogP contribution >= 0.6 is 27.5 Å². The van der Waals surface area contributed by atoms with Gasteiger partial charge in [0.25, 0.3) is 0 Å². The number of benzene rings is 2. The Morgan fingerprint density at radius 1 is 1.29 bits per heavy atom. The van der Waals surface area contributed by atoms with Crippen molar-refractivity contribution >= 4 is 33.5 Å². The molecule has 0 saturated heterocycles. The zero-order valence-corrected chi connectivity index (χ0v) is 19.3. The molecule has 0 fully saturated rings. The lowest BCUT2D eigenvalue weighted by Gasteiger charge is -2.28. The van der Waals surface area contributed by atoms with Gasteiger partial charge in [0.1, 0.15) is 29.8 Å². The topological polar surface area (TPSA) is 94.6 Å². The molecule has 6 nitrogen and oxygen atoms in total. The third-order valence-corrected chi connectivity index (χ3v) is 5.46. The van der Waals surface area contributed by atoms with Gasteiger partial charge in [-0.2, -0.15) is 5.26 Å². The third kappa shape index (κ3) is 5.04. The summed E-state index contributed by atoms with van der Waals surface area (Å²) in [6, 6.07) is 14.8. The van der Waals surface area contributed by atoms with Crippen molar-refractivity contribution in [2.24, 2.45) is 5.73 Å². The number of ether oxygens (including phenoxy) is 3. The Morgan fingerprint density at radius 2 is 2.00 bits per heavy atom. The zero-order valence-electron chi connectivity index (χ0n) is 16.9. The van der Waals surface area contributed by atoms with Crippen LogP contribution in [0.4, 0.5) is 0 Å². The molecule has 2 aromatic rings. The number of esters is 1. The van der Waals surface area contributed by atoms with Gasteiger partial charge in [0, 0.05) is 15.1 Å². The first-order valence-electron chi connectivity index (χ1n) is 9.47. The lowest BCUT2D eigenvalue weighted by Crippen LogP contribution is -2.26. The second kappa shape index (κ2) is 9.90. The van der Waals surface area contributed by atoms with Crippen LogP contribution in [0.5, 0.6) is 5.75 Å². The van der Waals surface area contributed by atoms with E-state index < -0.39 is 11.9 Å². The Kier molecular flexibility index (Phi) is 7.26. The second-order valence-corrected chi connectivity index (χ2v) is 8.06. The maximum Gasteiger partial charge on any atom is 0.338 e. The molecule has 3 rings (SSSR count). The fraction of sp³-hybridized carbons (Fsp3) is 0.217. The Bertz CT molecular complexity index is 1100. The van der Waals surface area contributed by atoms with E-state index in [0.29, 0.717) is 16.3 Å². The van der Waals surface area contributed by atoms with Gasteiger partial charge in [-0.3, -0.25) is 0 Å². The SMILES string of the molecule is CCOC(=O)C1=C(C)OC(N)=C(C#N)C1c1cc(Cl)ccc1OCc1ccc(Br)cc1. The monoisotopic (exact) mass is 502 g/mol. The first-order chi connectivity index (χ1) is 14.8. The van der Waals surface area contributed by atoms with Crippen LogP contribution in [-0.4, -0.2) is 12.6 Å². The minimum Gasteiger partial charge on any atom is -0.489 e. The maximum atomic E-state index is 12.8. The minimum atomic E-state index is -0.837. The first kappa shape index (κ1) is 22.7. The highest BCUT2D eigenvalue weighted by atomic mass is 79.9. The van der Waals surface area contributed by atoms with E-state index in [1.165, 1.54) is 0 Å². The lowest BCUT2D eigenvalue weighted by molar-refractivity contribution is -0.139. The van der Waals surface area contributed by atoms with Crippen molar-refractivity contribution in [3.63, 3.8) is 0 Å². The van der Waals surface area contributed by atoms with Gasteiger partial charge in [0.05, 0.1) is 18.1 Å². The molecule has 0 amide bonds. The molecule has 0 bridgehead atoms. The first-order valence-corrected chi connectivity index (χ1v) is 10.6. The van der Waals surface area contributed by atoms with Crippen LogP contribution in [0.3, 0.4) is 0 Å². The Balaban J connectivity index is 2.07. The molecule has 31 heavy (non-hydrogen) atoms. The molecule has 160 valence electrons. The van der Waals surface area contributed by atoms with Crippen LogP contribution in [0.25, 0.3) is 0 Å². The van der Waals surface area contributed by atoms with Gasteiger partial charge >= 0.3 is 5.97 Å². The van der Waals surface area contributed by atoms with Crippen molar-refractivity contribution in [1.29, 1.82) is 5.26 Å². The van der Waals surface area contributed by atoms with Crippen LogP contribution in [0.15, 0.2) is 69.7 Å². The fourth-order valence-electron chi connectivity index (χ4n) is 3.28. The van der Waals surface area contributed by atoms with Crippen LogP contribution in [-0.2, 0) is 20.9 Å². The molecule has 1 aliphatic heterocycles. The van der Waals surface area contributed by atoms with E-state index in [1.54, 1.807) is 32.0 Å². The van der Waals surface area contributed by atoms with Crippen LogP contribution in [0, 0.1) is 11.3 Å². The Hall–Kier alpha value is -2.95. The number of allylic oxidation sites excluding steroid dienone is 2. The van der Waals surface area contributed by atoms with E-state index in [4.69, 9.17) is 31.5 Å². The number of nitriles is 1. The van der Waals surface area contributed by atoms with Crippen LogP contribution < -0.4 is 10.5 Å². The highest BCUT2D eigenvalue weighted by Crippen LogP contribution is 2.44. The molecule has 1 atom stereocenters. The molecule has 0 saturated carbocycles. The van der Waals surface area contributed by atoms with Crippen molar-refractivity contribution in [3.8, 4) is 11.8 Å². The molecule has 0 aliphatic carbocycles. The molecular formula is C23H20BrClN2O4. The maximum absolute atomic E-state index is 12.8. The predicted molar refractivity (Wildman–Crippen MR) is 120 cm³/mol. The summed E-state index contributed by atoms with van der Waals surface area (Å²) in [4.78, 5) is 12.8. The Morgan fingerprint density at radius 3 is 2.65 bits per heavy atom. The number of halogens is 2. The van der Waals surface area contributed by atoms with Crippen molar-refractivity contribution in [2.45, 2.75) is 26.4 Å². The number of carbonyl (C=O) groups excluding carboxylic acids is 1. The van der Waals surface area contributed by atoms with Crippen LogP contribution in [0.1, 0.15) is 30.9 Å². The summed E-state index contributed by atoms with van der Waals surface area (Å²) in [6.45, 7) is 3.76. The quantitative estimate of drug-likeness (QED) is 0.536. The summed E-state index contributed by atoms with van der Waals surface area (Å²) < 4.78 is 17.7. The molecule has 1 heterocycles. The van der Waals surface area contributed by atoms with E-state index in [-0.39, 0.29) is 36.0 Å². The molecule has 2 aromatic carbocycles. The number of rotatable bonds is 6. The molecule has 2 N–H and O–H groups in total. The molecule has 1 unspecified atom stereocenters. The number of hydrogen-bond acceptors (Lipinski definition) is 6. The second-order valence-electron chi connectivity index (χ2n) is 6.71. The molecule has 0 radical (unpaired) electrons. The normalized spacial score (nSPS) is 15.9. The smallest absolute Gasteiger partial charge is 0.338 e. The molecule has 0 aromatic heterocycles. The zero-order chi connectivity index (χ0) is 22.5. The highest BCUT2D eigenvalue weighted by Gasteiger charge is 2.38. The fourth-order valence-corrected chi connectivity index (χ4v) is 3.73. The molecule has 1 aliphatic rings. The highest BCUT2D eigenvalue weighted by molar-refractivity contribution is 9.10. The predicted octanol–water partition coefficient (Wildman–Crippen LogP) is 5.33. The summed E-state index contributed by atoms with van der Waals surface area (Å²) in [5.41, 5.74) is 7.72. The summed E-state index contributed by atoms with van der Waals surface area (Å²) >= 11 is 9.68. The number of nitrogens with zero attached hydrogens (tertiary/aromatic N) is 1. The van der Waals surface area contributed by atoms with E-state index in [1.807, 2.05) is 24.3 Å². The van der Waals surface area contributed by atoms with Gasteiger partial charge in [-0.1, -0.05) is 39.7 Å². The third-order valence-electron chi connectivity index (χ3n) is 4.69. The van der Waals surface area contributed by atoms with Crippen molar-refractivity contribution in [3.05, 3.63) is 85.9 Å². The van der Waals surface area contributed by atoms with Crippen molar-refractivity contribution in [2.75, 3.05) is 6.61 Å². The van der Waals surface area contributed by atoms with E-state index in [0.717, 1.165) is 10.0 Å². The van der Waals surface area contributed by atoms with Crippen molar-refractivity contribution < 1.29 is 19.0 Å². The van der Waals surface area contributed by atoms with E-state index >= 15 is 0 Å². The molecule has 8 heteroatoms. The van der Waals surface area contributed by atoms with E-state index in [9.17, 15) is 10.1 Å². The van der Waals surface area contributed by atoms with Crippen LogP contribution in [0.2, 0.25) is 5.02 Å². The minimum absolute atomic E-state index is 0.0723. The Labute approximate surface area is 194 Å². The number of nitrogens with two attached hydrogens (primary N) is 1. The summed E-state index contributed by atoms with van der Waals surface area (Å²) in [6.07, 6.45) is 0. The van der Waals surface area contributed by atoms with Gasteiger partial charge in [-0.15, -0.1) is 0 Å². The number of hydrogen-bond donors (Lipinski definition) is 1. The van der Waals surface area contributed by atoms with Crippen molar-refractivity contribution in [1.82, 2.24) is 0 Å².